The van der Waals surface area contributed by atoms with Gasteiger partial charge in [0.25, 0.3) is 0 Å². The zero-order valence-electron chi connectivity index (χ0n) is 12.6. The smallest absolute Gasteiger partial charge is 0.226 e. The highest BCUT2D eigenvalue weighted by atomic mass is 16.2. The van der Waals surface area contributed by atoms with E-state index in [1.54, 1.807) is 38.0 Å². The lowest BCUT2D eigenvalue weighted by molar-refractivity contribution is -0.150. The van der Waals surface area contributed by atoms with Gasteiger partial charge in [0.15, 0.2) is 0 Å². The molecular weight excluding hydrogens is 240 g/mol. The molecule has 19 heavy (non-hydrogen) atoms. The molecule has 0 spiro atoms. The van der Waals surface area contributed by atoms with Gasteiger partial charge >= 0.3 is 0 Å². The van der Waals surface area contributed by atoms with Gasteiger partial charge in [0.2, 0.25) is 11.8 Å². The van der Waals surface area contributed by atoms with Crippen LogP contribution >= 0.6 is 0 Å². The van der Waals surface area contributed by atoms with Crippen molar-refractivity contribution in [3.63, 3.8) is 0 Å². The first-order valence-corrected chi connectivity index (χ1v) is 7.35. The summed E-state index contributed by atoms with van der Waals surface area (Å²) in [7, 11) is 7.21. The zero-order valence-corrected chi connectivity index (χ0v) is 12.6. The lowest BCUT2D eigenvalue weighted by atomic mass is 9.66. The standard InChI is InChI=1S/C15H26N2O2/c1-16(2)14(18)12-10-6-5-7-11(9-8-10)13(12)15(19)17(3)4/h10-13H,5-9H2,1-4H3/t10-,11+,12-,13-/m0/s1. The Morgan fingerprint density at radius 3 is 1.42 bits per heavy atom. The summed E-state index contributed by atoms with van der Waals surface area (Å²) in [5, 5.41) is 0. The molecule has 0 aromatic carbocycles. The van der Waals surface area contributed by atoms with E-state index in [0.717, 1.165) is 25.7 Å². The molecule has 2 amide bonds. The number of amides is 2. The minimum absolute atomic E-state index is 0.0915. The summed E-state index contributed by atoms with van der Waals surface area (Å²) in [6, 6.07) is 0. The van der Waals surface area contributed by atoms with Gasteiger partial charge < -0.3 is 9.80 Å². The van der Waals surface area contributed by atoms with E-state index in [2.05, 4.69) is 0 Å². The Morgan fingerprint density at radius 1 is 0.737 bits per heavy atom. The molecule has 0 radical (unpaired) electrons. The van der Waals surface area contributed by atoms with Crippen LogP contribution in [0.15, 0.2) is 0 Å². The van der Waals surface area contributed by atoms with Crippen LogP contribution in [0, 0.1) is 23.7 Å². The SMILES string of the molecule is CN(C)C(=O)[C@H]1[C@@H]2CCC[C@@H](CC2)[C@@H]1C(=O)N(C)C. The summed E-state index contributed by atoms with van der Waals surface area (Å²) in [5.41, 5.74) is 0. The second kappa shape index (κ2) is 5.51. The van der Waals surface area contributed by atoms with Gasteiger partial charge in [-0.05, 0) is 37.5 Å². The van der Waals surface area contributed by atoms with E-state index in [9.17, 15) is 9.59 Å². The monoisotopic (exact) mass is 266 g/mol. The Kier molecular flexibility index (Phi) is 4.16. The lowest BCUT2D eigenvalue weighted by Crippen LogP contribution is -2.49. The van der Waals surface area contributed by atoms with Gasteiger partial charge in [-0.2, -0.15) is 0 Å². The molecule has 4 heteroatoms. The molecule has 0 unspecified atom stereocenters. The molecule has 3 fully saturated rings. The van der Waals surface area contributed by atoms with Gasteiger partial charge in [-0.25, -0.2) is 0 Å². The number of rotatable bonds is 2. The fraction of sp³-hybridized carbons (Fsp3) is 0.867. The Morgan fingerprint density at radius 2 is 1.11 bits per heavy atom. The van der Waals surface area contributed by atoms with Crippen LogP contribution in [-0.2, 0) is 9.59 Å². The first kappa shape index (κ1) is 14.4. The first-order chi connectivity index (χ1) is 8.93. The van der Waals surface area contributed by atoms with Crippen LogP contribution in [0.5, 0.6) is 0 Å². The van der Waals surface area contributed by atoms with Crippen molar-refractivity contribution in [2.24, 2.45) is 23.7 Å². The molecule has 2 bridgehead atoms. The van der Waals surface area contributed by atoms with Gasteiger partial charge in [-0.1, -0.05) is 6.42 Å². The minimum atomic E-state index is -0.0915. The normalized spacial score (nSPS) is 33.7. The molecule has 0 aromatic rings. The van der Waals surface area contributed by atoms with Crippen LogP contribution < -0.4 is 0 Å². The predicted octanol–water partition coefficient (Wildman–Crippen LogP) is 1.61. The van der Waals surface area contributed by atoms with Crippen LogP contribution in [0.1, 0.15) is 32.1 Å². The van der Waals surface area contributed by atoms with E-state index in [4.69, 9.17) is 0 Å². The van der Waals surface area contributed by atoms with Crippen molar-refractivity contribution in [3.8, 4) is 0 Å². The molecule has 0 heterocycles. The molecule has 3 rings (SSSR count). The molecule has 4 nitrogen and oxygen atoms in total. The van der Waals surface area contributed by atoms with Crippen molar-refractivity contribution in [1.82, 2.24) is 9.80 Å². The minimum Gasteiger partial charge on any atom is -0.349 e. The number of carbonyl (C=O) groups excluding carboxylic acids is 2. The highest BCUT2D eigenvalue weighted by Gasteiger charge is 2.49. The predicted molar refractivity (Wildman–Crippen MR) is 74.4 cm³/mol. The third-order valence-electron chi connectivity index (χ3n) is 4.91. The van der Waals surface area contributed by atoms with Crippen molar-refractivity contribution < 1.29 is 9.59 Å². The Labute approximate surface area is 116 Å². The van der Waals surface area contributed by atoms with Crippen LogP contribution in [0.2, 0.25) is 0 Å². The molecule has 4 atom stereocenters. The van der Waals surface area contributed by atoms with Crippen molar-refractivity contribution in [3.05, 3.63) is 0 Å². The molecule has 108 valence electrons. The molecule has 0 aliphatic heterocycles. The highest BCUT2D eigenvalue weighted by molar-refractivity contribution is 5.88. The summed E-state index contributed by atoms with van der Waals surface area (Å²) in [5.74, 6) is 0.927. The largest absolute Gasteiger partial charge is 0.349 e. The Hall–Kier alpha value is -1.06. The van der Waals surface area contributed by atoms with Crippen LogP contribution in [0.3, 0.4) is 0 Å². The molecule has 3 saturated carbocycles. The van der Waals surface area contributed by atoms with Gasteiger partial charge in [-0.3, -0.25) is 9.59 Å². The molecule has 3 aliphatic carbocycles. The third kappa shape index (κ3) is 2.63. The summed E-state index contributed by atoms with van der Waals surface area (Å²) in [4.78, 5) is 28.4. The second-order valence-electron chi connectivity index (χ2n) is 6.55. The average molecular weight is 266 g/mol. The molecule has 0 aromatic heterocycles. The van der Waals surface area contributed by atoms with Crippen molar-refractivity contribution in [2.75, 3.05) is 28.2 Å². The first-order valence-electron chi connectivity index (χ1n) is 7.35. The summed E-state index contributed by atoms with van der Waals surface area (Å²) in [6.45, 7) is 0. The van der Waals surface area contributed by atoms with Crippen molar-refractivity contribution in [2.45, 2.75) is 32.1 Å². The van der Waals surface area contributed by atoms with Gasteiger partial charge in [0, 0.05) is 28.2 Å². The maximum Gasteiger partial charge on any atom is 0.226 e. The van der Waals surface area contributed by atoms with E-state index in [1.807, 2.05) is 0 Å². The third-order valence-corrected chi connectivity index (χ3v) is 4.91. The quantitative estimate of drug-likeness (QED) is 0.762. The second-order valence-corrected chi connectivity index (χ2v) is 6.55. The van der Waals surface area contributed by atoms with E-state index < -0.39 is 0 Å². The average Bonchev–Trinajstić information content (AvgIpc) is 2.69. The number of carbonyl (C=O) groups is 2. The van der Waals surface area contributed by atoms with Gasteiger partial charge in [-0.15, -0.1) is 0 Å². The zero-order chi connectivity index (χ0) is 14.2. The summed E-state index contributed by atoms with van der Waals surface area (Å²) >= 11 is 0. The summed E-state index contributed by atoms with van der Waals surface area (Å²) in [6.07, 6.45) is 5.62. The molecule has 0 N–H and O–H groups in total. The Bertz CT molecular complexity index is 327. The topological polar surface area (TPSA) is 40.6 Å². The lowest BCUT2D eigenvalue weighted by Gasteiger charge is -2.40. The maximum absolute atomic E-state index is 12.5. The fourth-order valence-electron chi connectivity index (χ4n) is 3.97. The number of hydrogen-bond acceptors (Lipinski definition) is 2. The highest BCUT2D eigenvalue weighted by Crippen LogP contribution is 2.47. The molecule has 0 saturated heterocycles. The van der Waals surface area contributed by atoms with Gasteiger partial charge in [0.05, 0.1) is 11.8 Å². The molecule has 3 aliphatic rings. The maximum atomic E-state index is 12.5. The summed E-state index contributed by atoms with van der Waals surface area (Å²) < 4.78 is 0. The van der Waals surface area contributed by atoms with Crippen molar-refractivity contribution in [1.29, 1.82) is 0 Å². The fourth-order valence-corrected chi connectivity index (χ4v) is 3.97. The molecular formula is C15H26N2O2. The van der Waals surface area contributed by atoms with Gasteiger partial charge in [0.1, 0.15) is 0 Å². The van der Waals surface area contributed by atoms with E-state index in [-0.39, 0.29) is 23.7 Å². The van der Waals surface area contributed by atoms with Crippen LogP contribution in [-0.4, -0.2) is 49.8 Å². The van der Waals surface area contributed by atoms with Crippen LogP contribution in [0.25, 0.3) is 0 Å². The van der Waals surface area contributed by atoms with E-state index in [0.29, 0.717) is 11.8 Å². The Balaban J connectivity index is 2.33. The van der Waals surface area contributed by atoms with Crippen LogP contribution in [0.4, 0.5) is 0 Å². The number of fused-ring (bicyclic) bond motifs is 4. The number of hydrogen-bond donors (Lipinski definition) is 0. The van der Waals surface area contributed by atoms with Crippen molar-refractivity contribution >= 4 is 11.8 Å². The van der Waals surface area contributed by atoms with E-state index in [1.165, 1.54) is 6.42 Å². The van der Waals surface area contributed by atoms with E-state index >= 15 is 0 Å². The number of nitrogens with zero attached hydrogens (tertiary/aromatic N) is 2.